The zero-order valence-electron chi connectivity index (χ0n) is 21.9. The van der Waals surface area contributed by atoms with Gasteiger partial charge in [-0.1, -0.05) is 37.6 Å². The molecular formula is C28H38O8S. The Kier molecular flexibility index (Phi) is 13.2. The number of carbonyl (C=O) groups is 1. The van der Waals surface area contributed by atoms with Gasteiger partial charge in [-0.3, -0.25) is 0 Å². The summed E-state index contributed by atoms with van der Waals surface area (Å²) in [7, 11) is -2.11. The van der Waals surface area contributed by atoms with Crippen LogP contribution < -0.4 is 8.92 Å². The number of carboxylic acid groups (broad SMARTS) is 1. The van der Waals surface area contributed by atoms with Gasteiger partial charge >= 0.3 is 16.1 Å². The van der Waals surface area contributed by atoms with Crippen LogP contribution in [-0.2, 0) is 37.2 Å². The summed E-state index contributed by atoms with van der Waals surface area (Å²) in [6.45, 7) is 5.32. The molecule has 0 heterocycles. The molecule has 0 aliphatic carbocycles. The van der Waals surface area contributed by atoms with Crippen LogP contribution in [0.2, 0.25) is 0 Å². The van der Waals surface area contributed by atoms with Crippen LogP contribution >= 0.6 is 0 Å². The van der Waals surface area contributed by atoms with Crippen molar-refractivity contribution >= 4 is 22.2 Å². The summed E-state index contributed by atoms with van der Waals surface area (Å²) in [6, 6.07) is 12.8. The van der Waals surface area contributed by atoms with E-state index < -0.39 is 16.1 Å². The van der Waals surface area contributed by atoms with Gasteiger partial charge in [0.1, 0.15) is 18.1 Å². The van der Waals surface area contributed by atoms with E-state index in [1.165, 1.54) is 7.11 Å². The number of aliphatic carboxylic acids is 1. The summed E-state index contributed by atoms with van der Waals surface area (Å²) >= 11 is 0. The molecular weight excluding hydrogens is 496 g/mol. The lowest BCUT2D eigenvalue weighted by Gasteiger charge is -2.13. The van der Waals surface area contributed by atoms with E-state index in [1.807, 2.05) is 44.2 Å². The van der Waals surface area contributed by atoms with Crippen molar-refractivity contribution in [2.45, 2.75) is 46.0 Å². The van der Waals surface area contributed by atoms with E-state index in [2.05, 4.69) is 0 Å². The largest absolute Gasteiger partial charge is 0.491 e. The second-order valence-corrected chi connectivity index (χ2v) is 10.2. The number of methoxy groups -OCH3 is 1. The Labute approximate surface area is 220 Å². The highest BCUT2D eigenvalue weighted by atomic mass is 32.2. The van der Waals surface area contributed by atoms with Crippen molar-refractivity contribution in [2.24, 2.45) is 0 Å². The third-order valence-electron chi connectivity index (χ3n) is 5.50. The van der Waals surface area contributed by atoms with Crippen LogP contribution in [0.5, 0.6) is 11.5 Å². The molecule has 9 heteroatoms. The fraction of sp³-hybridized carbons (Fsp3) is 0.464. The van der Waals surface area contributed by atoms with Gasteiger partial charge in [0.2, 0.25) is 0 Å². The number of aryl methyl sites for hydroxylation is 2. The topological polar surface area (TPSA) is 108 Å². The summed E-state index contributed by atoms with van der Waals surface area (Å²) in [5.74, 6) is -0.00207. The highest BCUT2D eigenvalue weighted by Gasteiger charge is 2.12. The number of benzene rings is 2. The molecule has 0 spiro atoms. The molecule has 2 aromatic carbocycles. The van der Waals surface area contributed by atoms with Crippen LogP contribution in [0.4, 0.5) is 0 Å². The fourth-order valence-electron chi connectivity index (χ4n) is 3.58. The summed E-state index contributed by atoms with van der Waals surface area (Å²) in [6.07, 6.45) is 5.33. The first kappa shape index (κ1) is 30.3. The molecule has 0 saturated heterocycles. The maximum absolute atomic E-state index is 12.0. The average molecular weight is 535 g/mol. The minimum absolute atomic E-state index is 0.00607. The van der Waals surface area contributed by atoms with Crippen LogP contribution in [0, 0.1) is 0 Å². The monoisotopic (exact) mass is 534 g/mol. The predicted molar refractivity (Wildman–Crippen MR) is 144 cm³/mol. The van der Waals surface area contributed by atoms with Crippen LogP contribution in [-0.4, -0.2) is 58.8 Å². The zero-order chi connectivity index (χ0) is 27.1. The lowest BCUT2D eigenvalue weighted by atomic mass is 10.0. The van der Waals surface area contributed by atoms with Crippen molar-refractivity contribution in [2.75, 3.05) is 39.3 Å². The predicted octanol–water partition coefficient (Wildman–Crippen LogP) is 4.90. The van der Waals surface area contributed by atoms with E-state index in [9.17, 15) is 18.3 Å². The molecule has 0 aliphatic heterocycles. The maximum Gasteiger partial charge on any atom is 0.333 e. The molecule has 0 amide bonds. The smallest absolute Gasteiger partial charge is 0.333 e. The minimum Gasteiger partial charge on any atom is -0.491 e. The molecule has 0 saturated carbocycles. The molecule has 1 N–H and O–H groups in total. The Hall–Kier alpha value is -2.88. The Morgan fingerprint density at radius 1 is 1.00 bits per heavy atom. The summed E-state index contributed by atoms with van der Waals surface area (Å²) in [4.78, 5) is 11.5. The molecule has 0 aliphatic rings. The van der Waals surface area contributed by atoms with Gasteiger partial charge in [-0.05, 0) is 73.6 Å². The average Bonchev–Trinajstić information content (AvgIpc) is 2.87. The Morgan fingerprint density at radius 3 is 2.41 bits per heavy atom. The lowest BCUT2D eigenvalue weighted by Crippen LogP contribution is -2.13. The maximum atomic E-state index is 12.0. The second-order valence-electron chi connectivity index (χ2n) is 8.52. The van der Waals surface area contributed by atoms with Crippen molar-refractivity contribution in [3.63, 3.8) is 0 Å². The van der Waals surface area contributed by atoms with Crippen LogP contribution in [0.1, 0.15) is 49.8 Å². The minimum atomic E-state index is -3.56. The molecule has 0 atom stereocenters. The molecule has 0 bridgehead atoms. The van der Waals surface area contributed by atoms with Crippen molar-refractivity contribution < 1.29 is 36.7 Å². The SMILES string of the molecule is CCCCS(=O)(=O)Oc1ccc(CCCc2ccc(/C=C(/COC)C(=O)O)cc2OCCOCC)cc1. The molecule has 37 heavy (non-hydrogen) atoms. The molecule has 0 aromatic heterocycles. The van der Waals surface area contributed by atoms with E-state index >= 15 is 0 Å². The third kappa shape index (κ3) is 11.4. The normalized spacial score (nSPS) is 11.9. The lowest BCUT2D eigenvalue weighted by molar-refractivity contribution is -0.133. The van der Waals surface area contributed by atoms with Crippen molar-refractivity contribution in [3.8, 4) is 11.5 Å². The summed E-state index contributed by atoms with van der Waals surface area (Å²) < 4.78 is 45.5. The first-order valence-electron chi connectivity index (χ1n) is 12.5. The standard InChI is InChI=1S/C28H38O8S/c1-4-6-18-37(31,32)36-26-14-11-22(12-15-26)8-7-9-24-13-10-23(19-25(21-33-3)28(29)30)20-27(24)35-17-16-34-5-2/h10-15,19-20H,4-9,16-18,21H2,1-3H3,(H,29,30)/b25-19-. The first-order valence-corrected chi connectivity index (χ1v) is 14.1. The summed E-state index contributed by atoms with van der Waals surface area (Å²) in [5.41, 5.74) is 2.96. The Morgan fingerprint density at radius 2 is 1.76 bits per heavy atom. The van der Waals surface area contributed by atoms with Crippen LogP contribution in [0.25, 0.3) is 6.08 Å². The van der Waals surface area contributed by atoms with Crippen molar-refractivity contribution in [1.29, 1.82) is 0 Å². The quantitative estimate of drug-likeness (QED) is 0.163. The van der Waals surface area contributed by atoms with Gasteiger partial charge < -0.3 is 23.5 Å². The van der Waals surface area contributed by atoms with Gasteiger partial charge in [0, 0.05) is 13.7 Å². The number of hydrogen-bond donors (Lipinski definition) is 1. The van der Waals surface area contributed by atoms with E-state index in [0.29, 0.717) is 43.3 Å². The van der Waals surface area contributed by atoms with Crippen molar-refractivity contribution in [1.82, 2.24) is 0 Å². The van der Waals surface area contributed by atoms with Gasteiger partial charge in [0.15, 0.2) is 0 Å². The molecule has 8 nitrogen and oxygen atoms in total. The van der Waals surface area contributed by atoms with E-state index in [-0.39, 0.29) is 17.9 Å². The number of ether oxygens (including phenoxy) is 3. The molecule has 204 valence electrons. The molecule has 2 aromatic rings. The Balaban J connectivity index is 2.05. The van der Waals surface area contributed by atoms with Gasteiger partial charge in [-0.15, -0.1) is 0 Å². The zero-order valence-corrected chi connectivity index (χ0v) is 22.7. The number of carboxylic acids is 1. The van der Waals surface area contributed by atoms with Crippen LogP contribution in [0.15, 0.2) is 48.0 Å². The second kappa shape index (κ2) is 16.1. The van der Waals surface area contributed by atoms with Gasteiger partial charge in [-0.25, -0.2) is 4.79 Å². The molecule has 2 rings (SSSR count). The number of unbranched alkanes of at least 4 members (excludes halogenated alkanes) is 1. The molecule has 0 unspecified atom stereocenters. The van der Waals surface area contributed by atoms with Gasteiger partial charge in [0.05, 0.1) is 24.5 Å². The third-order valence-corrected chi connectivity index (χ3v) is 6.74. The van der Waals surface area contributed by atoms with Crippen molar-refractivity contribution in [3.05, 3.63) is 64.7 Å². The van der Waals surface area contributed by atoms with E-state index in [0.717, 1.165) is 36.8 Å². The number of rotatable bonds is 18. The summed E-state index contributed by atoms with van der Waals surface area (Å²) in [5, 5.41) is 9.39. The number of hydrogen-bond acceptors (Lipinski definition) is 7. The molecule has 0 fully saturated rings. The Bertz CT molecular complexity index is 1110. The first-order chi connectivity index (χ1) is 17.8. The van der Waals surface area contributed by atoms with Gasteiger partial charge in [-0.2, -0.15) is 8.42 Å². The van der Waals surface area contributed by atoms with E-state index in [4.69, 9.17) is 18.4 Å². The highest BCUT2D eigenvalue weighted by Crippen LogP contribution is 2.25. The van der Waals surface area contributed by atoms with E-state index in [1.54, 1.807) is 18.2 Å². The van der Waals surface area contributed by atoms with Crippen LogP contribution in [0.3, 0.4) is 0 Å². The van der Waals surface area contributed by atoms with Gasteiger partial charge in [0.25, 0.3) is 0 Å². The fourth-order valence-corrected chi connectivity index (χ4v) is 4.71. The highest BCUT2D eigenvalue weighted by molar-refractivity contribution is 7.87. The molecule has 0 radical (unpaired) electrons.